The Labute approximate surface area is 155 Å². The van der Waals surface area contributed by atoms with Crippen molar-refractivity contribution in [2.45, 2.75) is 0 Å². The van der Waals surface area contributed by atoms with E-state index in [0.717, 1.165) is 6.26 Å². The Balaban J connectivity index is 2.19. The molecule has 2 aromatic rings. The number of anilines is 2. The molecule has 0 spiro atoms. The van der Waals surface area contributed by atoms with E-state index >= 15 is 0 Å². The van der Waals surface area contributed by atoms with Crippen LogP contribution in [0.3, 0.4) is 0 Å². The zero-order valence-electron chi connectivity index (χ0n) is 13.9. The molecule has 8 nitrogen and oxygen atoms in total. The summed E-state index contributed by atoms with van der Waals surface area (Å²) in [6, 6.07) is 10.1. The number of urea groups is 2. The molecule has 138 valence electrons. The Kier molecular flexibility index (Phi) is 6.06. The van der Waals surface area contributed by atoms with E-state index in [9.17, 15) is 18.0 Å². The number of carbonyl (C=O) groups is 2. The summed E-state index contributed by atoms with van der Waals surface area (Å²) < 4.78 is 29.5. The Morgan fingerprint density at radius 3 is 2.27 bits per heavy atom. The Hall–Kier alpha value is -2.78. The van der Waals surface area contributed by atoms with Crippen LogP contribution in [0.2, 0.25) is 5.02 Å². The lowest BCUT2D eigenvalue weighted by atomic mass is 10.3. The molecule has 26 heavy (non-hydrogen) atoms. The summed E-state index contributed by atoms with van der Waals surface area (Å²) in [4.78, 5) is 24.4. The van der Waals surface area contributed by atoms with Gasteiger partial charge < -0.3 is 10.1 Å². The number of hydrogen-bond acceptors (Lipinski definition) is 5. The van der Waals surface area contributed by atoms with Crippen LogP contribution in [0.5, 0.6) is 5.75 Å². The van der Waals surface area contributed by atoms with Crippen molar-refractivity contribution in [2.75, 3.05) is 23.0 Å². The second-order valence-corrected chi connectivity index (χ2v) is 7.36. The zero-order chi connectivity index (χ0) is 19.3. The van der Waals surface area contributed by atoms with Crippen LogP contribution in [-0.2, 0) is 10.0 Å². The molecule has 0 aliphatic carbocycles. The molecule has 0 radical (unpaired) electrons. The van der Waals surface area contributed by atoms with Gasteiger partial charge >= 0.3 is 12.1 Å². The minimum Gasteiger partial charge on any atom is -0.495 e. The van der Waals surface area contributed by atoms with Crippen LogP contribution in [0.4, 0.5) is 21.0 Å². The van der Waals surface area contributed by atoms with Crippen LogP contribution in [-0.4, -0.2) is 33.8 Å². The van der Waals surface area contributed by atoms with Gasteiger partial charge in [0.1, 0.15) is 5.75 Å². The predicted molar refractivity (Wildman–Crippen MR) is 99.3 cm³/mol. The Bertz CT molecular complexity index is 916. The first-order valence-corrected chi connectivity index (χ1v) is 9.46. The van der Waals surface area contributed by atoms with Crippen molar-refractivity contribution < 1.29 is 22.7 Å². The molecule has 0 unspecified atom stereocenters. The van der Waals surface area contributed by atoms with Gasteiger partial charge in [0.2, 0.25) is 10.0 Å². The van der Waals surface area contributed by atoms with Gasteiger partial charge in [-0.2, -0.15) is 4.31 Å². The highest BCUT2D eigenvalue weighted by molar-refractivity contribution is 7.92. The number of hydrogen-bond donors (Lipinski definition) is 2. The number of halogens is 1. The number of para-hydroxylation sites is 2. The summed E-state index contributed by atoms with van der Waals surface area (Å²) in [5.41, 5.74) is 0.359. The van der Waals surface area contributed by atoms with Crippen molar-refractivity contribution in [2.24, 2.45) is 0 Å². The van der Waals surface area contributed by atoms with Crippen molar-refractivity contribution in [3.63, 3.8) is 0 Å². The fourth-order valence-electron chi connectivity index (χ4n) is 2.09. The molecule has 2 N–H and O–H groups in total. The van der Waals surface area contributed by atoms with Crippen molar-refractivity contribution >= 4 is 45.1 Å². The van der Waals surface area contributed by atoms with E-state index in [4.69, 9.17) is 16.3 Å². The quantitative estimate of drug-likeness (QED) is 0.824. The molecular weight excluding hydrogens is 382 g/mol. The van der Waals surface area contributed by atoms with Crippen molar-refractivity contribution in [1.29, 1.82) is 0 Å². The van der Waals surface area contributed by atoms with Gasteiger partial charge in [0, 0.05) is 5.02 Å². The standard InChI is InChI=1S/C16H16ClN3O5S/c1-25-14-6-4-3-5-13(14)18-15(21)19-16(22)20(26(2,23)24)12-9-7-11(17)8-10-12/h3-10H,1-2H3,(H2,18,19,21,22). The maximum atomic E-state index is 12.3. The first-order chi connectivity index (χ1) is 12.2. The largest absolute Gasteiger partial charge is 0.495 e. The maximum absolute atomic E-state index is 12.3. The van der Waals surface area contributed by atoms with Crippen LogP contribution in [0, 0.1) is 0 Å². The lowest BCUT2D eigenvalue weighted by Crippen LogP contribution is -2.47. The Morgan fingerprint density at radius 1 is 1.08 bits per heavy atom. The van der Waals surface area contributed by atoms with Gasteiger partial charge in [-0.25, -0.2) is 18.0 Å². The molecular formula is C16H16ClN3O5S. The lowest BCUT2D eigenvalue weighted by molar-refractivity contribution is 0.238. The van der Waals surface area contributed by atoms with Crippen LogP contribution >= 0.6 is 11.6 Å². The van der Waals surface area contributed by atoms with Crippen LogP contribution in [0.1, 0.15) is 0 Å². The summed E-state index contributed by atoms with van der Waals surface area (Å²) in [5.74, 6) is 0.382. The average molecular weight is 398 g/mol. The molecule has 0 saturated heterocycles. The molecule has 0 aromatic heterocycles. The summed E-state index contributed by atoms with van der Waals surface area (Å²) >= 11 is 5.77. The highest BCUT2D eigenvalue weighted by Crippen LogP contribution is 2.23. The first kappa shape index (κ1) is 19.5. The molecule has 4 amide bonds. The molecule has 10 heteroatoms. The number of rotatable bonds is 4. The van der Waals surface area contributed by atoms with Gasteiger partial charge in [-0.1, -0.05) is 23.7 Å². The van der Waals surface area contributed by atoms with Crippen LogP contribution < -0.4 is 19.7 Å². The highest BCUT2D eigenvalue weighted by atomic mass is 35.5. The summed E-state index contributed by atoms with van der Waals surface area (Å²) in [6.45, 7) is 0. The second kappa shape index (κ2) is 8.07. The van der Waals surface area contributed by atoms with E-state index in [1.54, 1.807) is 24.3 Å². The molecule has 0 atom stereocenters. The summed E-state index contributed by atoms with van der Waals surface area (Å²) in [6.07, 6.45) is 0.847. The fraction of sp³-hybridized carbons (Fsp3) is 0.125. The molecule has 0 fully saturated rings. The van der Waals surface area contributed by atoms with Gasteiger partial charge in [-0.15, -0.1) is 0 Å². The number of sulfonamides is 1. The first-order valence-electron chi connectivity index (χ1n) is 7.23. The third-order valence-corrected chi connectivity index (χ3v) is 4.44. The van der Waals surface area contributed by atoms with E-state index in [1.807, 2.05) is 5.32 Å². The molecule has 0 saturated carbocycles. The fourth-order valence-corrected chi connectivity index (χ4v) is 3.06. The van der Waals surface area contributed by atoms with Crippen molar-refractivity contribution in [1.82, 2.24) is 5.32 Å². The lowest BCUT2D eigenvalue weighted by Gasteiger charge is -2.20. The van der Waals surface area contributed by atoms with Gasteiger partial charge in [-0.3, -0.25) is 5.32 Å². The molecule has 0 aliphatic rings. The zero-order valence-corrected chi connectivity index (χ0v) is 15.5. The highest BCUT2D eigenvalue weighted by Gasteiger charge is 2.27. The van der Waals surface area contributed by atoms with Gasteiger partial charge in [0.05, 0.1) is 24.7 Å². The van der Waals surface area contributed by atoms with Crippen molar-refractivity contribution in [3.8, 4) is 5.75 Å². The molecule has 0 aliphatic heterocycles. The third-order valence-electron chi connectivity index (χ3n) is 3.15. The van der Waals surface area contributed by atoms with E-state index < -0.39 is 22.1 Å². The third kappa shape index (κ3) is 4.87. The normalized spacial score (nSPS) is 10.7. The number of methoxy groups -OCH3 is 1. The maximum Gasteiger partial charge on any atom is 0.343 e. The number of benzene rings is 2. The number of imide groups is 1. The van der Waals surface area contributed by atoms with E-state index in [2.05, 4.69) is 5.32 Å². The van der Waals surface area contributed by atoms with E-state index in [-0.39, 0.29) is 5.69 Å². The molecule has 2 aromatic carbocycles. The topological polar surface area (TPSA) is 105 Å². The smallest absolute Gasteiger partial charge is 0.343 e. The summed E-state index contributed by atoms with van der Waals surface area (Å²) in [5, 5.41) is 4.76. The number of nitrogens with one attached hydrogen (secondary N) is 2. The van der Waals surface area contributed by atoms with Crippen molar-refractivity contribution in [3.05, 3.63) is 53.6 Å². The summed E-state index contributed by atoms with van der Waals surface area (Å²) in [7, 11) is -2.56. The SMILES string of the molecule is COc1ccccc1NC(=O)NC(=O)N(c1ccc(Cl)cc1)S(C)(=O)=O. The van der Waals surface area contributed by atoms with Crippen LogP contribution in [0.25, 0.3) is 0 Å². The average Bonchev–Trinajstić information content (AvgIpc) is 2.56. The number of carbonyl (C=O) groups excluding carboxylic acids is 2. The molecule has 2 rings (SSSR count). The minimum atomic E-state index is -3.99. The minimum absolute atomic E-state index is 0.0412. The second-order valence-electron chi connectivity index (χ2n) is 5.09. The Morgan fingerprint density at radius 2 is 1.69 bits per heavy atom. The number of nitrogens with zero attached hydrogens (tertiary/aromatic N) is 1. The molecule has 0 heterocycles. The molecule has 0 bridgehead atoms. The van der Waals surface area contributed by atoms with E-state index in [0.29, 0.717) is 20.8 Å². The van der Waals surface area contributed by atoms with Gasteiger partial charge in [0.15, 0.2) is 0 Å². The van der Waals surface area contributed by atoms with Gasteiger partial charge in [-0.05, 0) is 36.4 Å². The van der Waals surface area contributed by atoms with Gasteiger partial charge in [0.25, 0.3) is 0 Å². The predicted octanol–water partition coefficient (Wildman–Crippen LogP) is 3.06. The van der Waals surface area contributed by atoms with Crippen LogP contribution in [0.15, 0.2) is 48.5 Å². The number of ether oxygens (including phenoxy) is 1. The monoisotopic (exact) mass is 397 g/mol. The van der Waals surface area contributed by atoms with E-state index in [1.165, 1.54) is 31.4 Å². The number of amides is 4.